The van der Waals surface area contributed by atoms with Crippen molar-refractivity contribution in [3.63, 3.8) is 0 Å². The van der Waals surface area contributed by atoms with Gasteiger partial charge in [0.05, 0.1) is 12.6 Å². The molecule has 1 saturated heterocycles. The fraction of sp³-hybridized carbons (Fsp3) is 0.556. The van der Waals surface area contributed by atoms with Crippen LogP contribution in [0.2, 0.25) is 0 Å². The highest BCUT2D eigenvalue weighted by Gasteiger charge is 2.30. The Kier molecular flexibility index (Phi) is 6.17. The van der Waals surface area contributed by atoms with Gasteiger partial charge in [-0.1, -0.05) is 0 Å². The van der Waals surface area contributed by atoms with Crippen molar-refractivity contribution in [1.82, 2.24) is 28.5 Å². The van der Waals surface area contributed by atoms with Gasteiger partial charge in [0.15, 0.2) is 5.78 Å². The van der Waals surface area contributed by atoms with Crippen LogP contribution >= 0.6 is 0 Å². The van der Waals surface area contributed by atoms with Gasteiger partial charge in [-0.3, -0.25) is 33.1 Å². The number of carbonyl (C=O) groups excluding carboxylic acids is 1. The first-order chi connectivity index (χ1) is 14.1. The van der Waals surface area contributed by atoms with Gasteiger partial charge in [-0.05, 0) is 6.92 Å². The van der Waals surface area contributed by atoms with Gasteiger partial charge in [-0.2, -0.15) is 8.78 Å². The maximum Gasteiger partial charge on any atom is 0.332 e. The molecule has 0 amide bonds. The molecule has 3 rings (SSSR count). The molecule has 2 aromatic heterocycles. The molecule has 0 bridgehead atoms. The first kappa shape index (κ1) is 21.8. The number of hydrogen-bond acceptors (Lipinski definition) is 7. The van der Waals surface area contributed by atoms with E-state index in [1.807, 2.05) is 9.80 Å². The molecule has 0 aromatic carbocycles. The normalized spacial score (nSPS) is 16.9. The van der Waals surface area contributed by atoms with Crippen LogP contribution in [0.3, 0.4) is 0 Å². The lowest BCUT2D eigenvalue weighted by Gasteiger charge is -2.37. The van der Waals surface area contributed by atoms with Crippen molar-refractivity contribution in [2.24, 2.45) is 14.1 Å². The predicted molar refractivity (Wildman–Crippen MR) is 105 cm³/mol. The van der Waals surface area contributed by atoms with Crippen molar-refractivity contribution in [3.05, 3.63) is 44.6 Å². The molecular weight excluding hydrogens is 400 g/mol. The minimum absolute atomic E-state index is 0.155. The van der Waals surface area contributed by atoms with Crippen LogP contribution in [0.1, 0.15) is 29.7 Å². The van der Waals surface area contributed by atoms with Crippen LogP contribution < -0.4 is 17.0 Å². The Morgan fingerprint density at radius 3 is 2.40 bits per heavy atom. The van der Waals surface area contributed by atoms with E-state index in [1.54, 1.807) is 6.92 Å². The average Bonchev–Trinajstić information content (AvgIpc) is 3.19. The SMILES string of the molecule is CC(C(=O)c1c(N)n(C)c(=O)n(C)c1=O)N1CCN(Cc2nccn2C(F)F)CC1. The smallest absolute Gasteiger partial charge is 0.332 e. The number of carbonyl (C=O) groups is 1. The fourth-order valence-electron chi connectivity index (χ4n) is 3.62. The van der Waals surface area contributed by atoms with Gasteiger partial charge in [0.1, 0.15) is 17.2 Å². The van der Waals surface area contributed by atoms with Crippen molar-refractivity contribution in [2.75, 3.05) is 31.9 Å². The van der Waals surface area contributed by atoms with E-state index in [4.69, 9.17) is 5.73 Å². The van der Waals surface area contributed by atoms with Crippen LogP contribution in [0.25, 0.3) is 0 Å². The Hall–Kier alpha value is -2.86. The van der Waals surface area contributed by atoms with E-state index >= 15 is 0 Å². The molecule has 3 heterocycles. The van der Waals surface area contributed by atoms with Crippen LogP contribution in [0.4, 0.5) is 14.6 Å². The fourth-order valence-corrected chi connectivity index (χ4v) is 3.62. The Bertz CT molecular complexity index is 1050. The van der Waals surface area contributed by atoms with Crippen LogP contribution in [-0.4, -0.2) is 66.5 Å². The van der Waals surface area contributed by atoms with Crippen molar-refractivity contribution in [2.45, 2.75) is 26.1 Å². The summed E-state index contributed by atoms with van der Waals surface area (Å²) >= 11 is 0. The lowest BCUT2D eigenvalue weighted by molar-refractivity contribution is 0.0552. The second-order valence-corrected chi connectivity index (χ2v) is 7.35. The highest BCUT2D eigenvalue weighted by Crippen LogP contribution is 2.17. The number of anilines is 1. The summed E-state index contributed by atoms with van der Waals surface area (Å²) in [6.07, 6.45) is 2.59. The number of nitrogens with two attached hydrogens (primary N) is 1. The monoisotopic (exact) mass is 425 g/mol. The number of nitrogen functional groups attached to an aromatic ring is 1. The summed E-state index contributed by atoms with van der Waals surface area (Å²) in [4.78, 5) is 45.3. The Balaban J connectivity index is 1.69. The molecule has 1 unspecified atom stereocenters. The van der Waals surface area contributed by atoms with Crippen LogP contribution in [0, 0.1) is 0 Å². The third kappa shape index (κ3) is 3.92. The number of imidazole rings is 1. The molecule has 1 aliphatic rings. The number of piperazine rings is 1. The molecule has 0 aliphatic carbocycles. The van der Waals surface area contributed by atoms with Crippen molar-refractivity contribution >= 4 is 11.6 Å². The number of Topliss-reactive ketones (excluding diaryl/α,β-unsaturated/α-hetero) is 1. The summed E-state index contributed by atoms with van der Waals surface area (Å²) in [5.74, 6) is -0.327. The topological polar surface area (TPSA) is 111 Å². The largest absolute Gasteiger partial charge is 0.384 e. The summed E-state index contributed by atoms with van der Waals surface area (Å²) in [7, 11) is 2.70. The van der Waals surface area contributed by atoms with E-state index < -0.39 is 29.6 Å². The Morgan fingerprint density at radius 1 is 1.17 bits per heavy atom. The number of nitrogens with zero attached hydrogens (tertiary/aromatic N) is 6. The van der Waals surface area contributed by atoms with Crippen molar-refractivity contribution in [3.8, 4) is 0 Å². The van der Waals surface area contributed by atoms with Gasteiger partial charge in [0.2, 0.25) is 0 Å². The standard InChI is InChI=1S/C18H25F2N7O3/c1-11(14(28)13-15(21)23(2)18(30)24(3)16(13)29)26-8-6-25(7-9-26)10-12-22-4-5-27(12)17(19)20/h4-5,11,17H,6-10,21H2,1-3H3. The molecule has 0 spiro atoms. The van der Waals surface area contributed by atoms with Crippen molar-refractivity contribution in [1.29, 1.82) is 0 Å². The lowest BCUT2D eigenvalue weighted by atomic mass is 10.0. The predicted octanol–water partition coefficient (Wildman–Crippen LogP) is -0.353. The molecule has 2 aromatic rings. The average molecular weight is 425 g/mol. The van der Waals surface area contributed by atoms with Gasteiger partial charge >= 0.3 is 12.2 Å². The lowest BCUT2D eigenvalue weighted by Crippen LogP contribution is -2.52. The maximum atomic E-state index is 13.0. The molecule has 164 valence electrons. The number of rotatable bonds is 6. The van der Waals surface area contributed by atoms with E-state index in [1.165, 1.54) is 26.5 Å². The third-order valence-electron chi connectivity index (χ3n) is 5.61. The highest BCUT2D eigenvalue weighted by atomic mass is 19.3. The molecular formula is C18H25F2N7O3. The number of halogens is 2. The van der Waals surface area contributed by atoms with E-state index in [-0.39, 0.29) is 23.8 Å². The Morgan fingerprint density at radius 2 is 1.80 bits per heavy atom. The third-order valence-corrected chi connectivity index (χ3v) is 5.61. The van der Waals surface area contributed by atoms with Gasteiger partial charge in [0, 0.05) is 52.7 Å². The zero-order valence-electron chi connectivity index (χ0n) is 17.1. The first-order valence-corrected chi connectivity index (χ1v) is 9.49. The first-order valence-electron chi connectivity index (χ1n) is 9.49. The molecule has 1 fully saturated rings. The van der Waals surface area contributed by atoms with E-state index in [9.17, 15) is 23.2 Å². The minimum Gasteiger partial charge on any atom is -0.384 e. The summed E-state index contributed by atoms with van der Waals surface area (Å²) < 4.78 is 28.7. The highest BCUT2D eigenvalue weighted by molar-refractivity contribution is 6.03. The van der Waals surface area contributed by atoms with Crippen molar-refractivity contribution < 1.29 is 13.6 Å². The van der Waals surface area contributed by atoms with Gasteiger partial charge in [-0.15, -0.1) is 0 Å². The van der Waals surface area contributed by atoms with Gasteiger partial charge in [0.25, 0.3) is 5.56 Å². The summed E-state index contributed by atoms with van der Waals surface area (Å²) in [5.41, 5.74) is 4.37. The van der Waals surface area contributed by atoms with E-state index in [0.717, 1.165) is 13.7 Å². The molecule has 0 radical (unpaired) electrons. The van der Waals surface area contributed by atoms with Gasteiger partial charge < -0.3 is 5.73 Å². The second-order valence-electron chi connectivity index (χ2n) is 7.35. The molecule has 12 heteroatoms. The summed E-state index contributed by atoms with van der Waals surface area (Å²) in [6.45, 7) is 1.44. The summed E-state index contributed by atoms with van der Waals surface area (Å²) in [5, 5.41) is 0. The van der Waals surface area contributed by atoms with Crippen LogP contribution in [0.5, 0.6) is 0 Å². The van der Waals surface area contributed by atoms with Crippen LogP contribution in [0.15, 0.2) is 22.0 Å². The number of alkyl halides is 2. The quantitative estimate of drug-likeness (QED) is 0.630. The zero-order chi connectivity index (χ0) is 22.2. The molecule has 30 heavy (non-hydrogen) atoms. The number of aromatic nitrogens is 4. The van der Waals surface area contributed by atoms with Gasteiger partial charge in [-0.25, -0.2) is 9.78 Å². The second kappa shape index (κ2) is 8.48. The van der Waals surface area contributed by atoms with E-state index in [0.29, 0.717) is 26.2 Å². The maximum absolute atomic E-state index is 13.0. The Labute approximate surface area is 171 Å². The summed E-state index contributed by atoms with van der Waals surface area (Å²) in [6, 6.07) is -0.622. The number of ketones is 1. The molecule has 0 saturated carbocycles. The minimum atomic E-state index is -2.64. The molecule has 1 atom stereocenters. The zero-order valence-corrected chi connectivity index (χ0v) is 17.1. The van der Waals surface area contributed by atoms with E-state index in [2.05, 4.69) is 4.98 Å². The molecule has 1 aliphatic heterocycles. The molecule has 2 N–H and O–H groups in total. The number of hydrogen-bond donors (Lipinski definition) is 1. The van der Waals surface area contributed by atoms with Crippen LogP contribution in [-0.2, 0) is 20.6 Å². The molecule has 10 nitrogen and oxygen atoms in total.